The summed E-state index contributed by atoms with van der Waals surface area (Å²) >= 11 is 0. The van der Waals surface area contributed by atoms with E-state index in [4.69, 9.17) is 18.9 Å². The number of esters is 1. The molecule has 3 aromatic carbocycles. The molecule has 0 radical (unpaired) electrons. The third-order valence-corrected chi connectivity index (χ3v) is 10.8. The number of alkyl carbamates (subject to hydrolysis) is 1. The molecule has 0 unspecified atom stereocenters. The minimum Gasteiger partial charge on any atom is -0.490 e. The molecule has 0 bridgehead atoms. The first-order valence-corrected chi connectivity index (χ1v) is 21.4. The number of likely N-dealkylation sites (tertiary alicyclic amines) is 1. The lowest BCUT2D eigenvalue weighted by Gasteiger charge is -2.52. The number of carbonyl (C=O) groups is 5. The Morgan fingerprint density at radius 1 is 0.787 bits per heavy atom. The molecule has 330 valence electrons. The molecule has 1 saturated heterocycles. The highest BCUT2D eigenvalue weighted by Crippen LogP contribution is 2.49. The molecular weight excluding hydrogens is 777 g/mol. The van der Waals surface area contributed by atoms with Crippen LogP contribution in [0.25, 0.3) is 0 Å². The van der Waals surface area contributed by atoms with Gasteiger partial charge in [0.2, 0.25) is 11.8 Å². The fourth-order valence-corrected chi connectivity index (χ4v) is 7.75. The standard InChI is InChI=1S/C48H64N4O9/c1-33-19-21-37(59-38-28-48(29-38)25-14-26-52(32-48)45(57)61-47(5,6)7)27-36(33)30-49-42(54)39(22-20-34-15-10-8-11-16-34)50-43(55)40(23-24-41(53)60-46(2,3)4)51-44(56)58-31-35-17-12-9-13-18-35/h8-13,15-19,21,27,38-40H,14,20,22-26,28-32H2,1-7H3,(H,49,54)(H,50,55)(H,51,56)/t38?,39-,40-,48?/m0/s1. The van der Waals surface area contributed by atoms with Crippen LogP contribution in [0.1, 0.15) is 109 Å². The molecule has 3 N–H and O–H groups in total. The Morgan fingerprint density at radius 2 is 1.43 bits per heavy atom. The predicted molar refractivity (Wildman–Crippen MR) is 231 cm³/mol. The first-order valence-electron chi connectivity index (χ1n) is 21.4. The van der Waals surface area contributed by atoms with E-state index in [1.807, 2.05) is 111 Å². The fraction of sp³-hybridized carbons (Fsp3) is 0.521. The van der Waals surface area contributed by atoms with Crippen molar-refractivity contribution in [3.63, 3.8) is 0 Å². The van der Waals surface area contributed by atoms with Crippen molar-refractivity contribution in [3.05, 3.63) is 101 Å². The monoisotopic (exact) mass is 840 g/mol. The minimum absolute atomic E-state index is 0.00815. The van der Waals surface area contributed by atoms with Crippen molar-refractivity contribution in [2.45, 2.75) is 142 Å². The second-order valence-corrected chi connectivity index (χ2v) is 18.4. The molecule has 3 aromatic rings. The number of aryl methyl sites for hydroxylation is 2. The lowest BCUT2D eigenvalue weighted by atomic mass is 9.62. The molecule has 5 rings (SSSR count). The van der Waals surface area contributed by atoms with Gasteiger partial charge >= 0.3 is 18.2 Å². The number of amides is 4. The zero-order chi connectivity index (χ0) is 44.2. The van der Waals surface area contributed by atoms with Gasteiger partial charge in [0.1, 0.15) is 35.6 Å². The summed E-state index contributed by atoms with van der Waals surface area (Å²) in [6, 6.07) is 22.4. The molecule has 61 heavy (non-hydrogen) atoms. The average Bonchev–Trinajstić information content (AvgIpc) is 3.19. The van der Waals surface area contributed by atoms with Crippen LogP contribution in [0.4, 0.5) is 9.59 Å². The number of piperidine rings is 1. The van der Waals surface area contributed by atoms with Crippen molar-refractivity contribution in [1.82, 2.24) is 20.9 Å². The lowest BCUT2D eigenvalue weighted by molar-refractivity contribution is -0.155. The van der Waals surface area contributed by atoms with E-state index < -0.39 is 47.2 Å². The predicted octanol–water partition coefficient (Wildman–Crippen LogP) is 7.70. The third kappa shape index (κ3) is 15.1. The lowest BCUT2D eigenvalue weighted by Crippen LogP contribution is -2.55. The summed E-state index contributed by atoms with van der Waals surface area (Å²) in [5, 5.41) is 8.48. The van der Waals surface area contributed by atoms with E-state index in [-0.39, 0.29) is 50.0 Å². The van der Waals surface area contributed by atoms with E-state index in [2.05, 4.69) is 16.0 Å². The van der Waals surface area contributed by atoms with Crippen LogP contribution in [-0.4, -0.2) is 77.3 Å². The van der Waals surface area contributed by atoms with E-state index in [1.165, 1.54) is 0 Å². The molecule has 13 heteroatoms. The summed E-state index contributed by atoms with van der Waals surface area (Å²) in [5.74, 6) is -0.868. The smallest absolute Gasteiger partial charge is 0.410 e. The van der Waals surface area contributed by atoms with Crippen molar-refractivity contribution >= 4 is 30.0 Å². The van der Waals surface area contributed by atoms with Crippen molar-refractivity contribution in [3.8, 4) is 5.75 Å². The molecule has 1 aliphatic carbocycles. The molecule has 2 atom stereocenters. The molecule has 1 heterocycles. The van der Waals surface area contributed by atoms with Gasteiger partial charge in [-0.3, -0.25) is 14.4 Å². The summed E-state index contributed by atoms with van der Waals surface area (Å²) in [6.45, 7) is 14.4. The Balaban J connectivity index is 1.22. The number of nitrogens with one attached hydrogen (secondary N) is 3. The molecule has 4 amide bonds. The summed E-state index contributed by atoms with van der Waals surface area (Å²) in [5.41, 5.74) is 2.32. The molecule has 2 aliphatic rings. The van der Waals surface area contributed by atoms with Crippen LogP contribution in [0.3, 0.4) is 0 Å². The number of nitrogens with zero attached hydrogens (tertiary/aromatic N) is 1. The summed E-state index contributed by atoms with van der Waals surface area (Å²) in [6.07, 6.45) is 3.09. The van der Waals surface area contributed by atoms with Crippen LogP contribution >= 0.6 is 0 Å². The van der Waals surface area contributed by atoms with Crippen LogP contribution in [0.15, 0.2) is 78.9 Å². The molecule has 1 saturated carbocycles. The van der Waals surface area contributed by atoms with Gasteiger partial charge in [0.05, 0.1) is 6.10 Å². The van der Waals surface area contributed by atoms with E-state index in [0.29, 0.717) is 25.3 Å². The second kappa shape index (κ2) is 20.8. The summed E-state index contributed by atoms with van der Waals surface area (Å²) in [7, 11) is 0. The van der Waals surface area contributed by atoms with Crippen molar-refractivity contribution < 1.29 is 42.9 Å². The number of hydrogen-bond acceptors (Lipinski definition) is 9. The highest BCUT2D eigenvalue weighted by atomic mass is 16.6. The quantitative estimate of drug-likeness (QED) is 0.0970. The Kier molecular flexibility index (Phi) is 15.8. The maximum absolute atomic E-state index is 14.0. The van der Waals surface area contributed by atoms with E-state index in [0.717, 1.165) is 47.9 Å². The molecule has 1 spiro atoms. The van der Waals surface area contributed by atoms with Gasteiger partial charge in [0.25, 0.3) is 0 Å². The Morgan fingerprint density at radius 3 is 2.08 bits per heavy atom. The SMILES string of the molecule is Cc1ccc(OC2CC3(CCCN(C(=O)OC(C)(C)C)C3)C2)cc1CNC(=O)[C@H](CCc1ccccc1)NC(=O)[C@H](CCC(=O)OC(C)(C)C)NC(=O)OCc1ccccc1. The van der Waals surface area contributed by atoms with Gasteiger partial charge in [-0.05, 0) is 133 Å². The zero-order valence-corrected chi connectivity index (χ0v) is 36.8. The van der Waals surface area contributed by atoms with E-state index in [1.54, 1.807) is 20.8 Å². The topological polar surface area (TPSA) is 162 Å². The minimum atomic E-state index is -1.20. The molecular formula is C48H64N4O9. The van der Waals surface area contributed by atoms with Gasteiger partial charge in [0.15, 0.2) is 0 Å². The van der Waals surface area contributed by atoms with Crippen LogP contribution in [0.2, 0.25) is 0 Å². The Hall–Kier alpha value is -5.59. The van der Waals surface area contributed by atoms with Gasteiger partial charge in [-0.15, -0.1) is 0 Å². The summed E-state index contributed by atoms with van der Waals surface area (Å²) in [4.78, 5) is 68.2. The summed E-state index contributed by atoms with van der Waals surface area (Å²) < 4.78 is 22.9. The van der Waals surface area contributed by atoms with Crippen LogP contribution < -0.4 is 20.7 Å². The maximum atomic E-state index is 14.0. The average molecular weight is 841 g/mol. The van der Waals surface area contributed by atoms with Gasteiger partial charge < -0.3 is 39.8 Å². The van der Waals surface area contributed by atoms with Gasteiger partial charge in [0, 0.05) is 26.1 Å². The largest absolute Gasteiger partial charge is 0.490 e. The third-order valence-electron chi connectivity index (χ3n) is 10.8. The number of benzene rings is 3. The molecule has 2 fully saturated rings. The van der Waals surface area contributed by atoms with Crippen molar-refractivity contribution in [2.24, 2.45) is 5.41 Å². The normalized spacial score (nSPS) is 18.5. The highest BCUT2D eigenvalue weighted by molar-refractivity contribution is 5.91. The highest BCUT2D eigenvalue weighted by Gasteiger charge is 2.49. The molecule has 13 nitrogen and oxygen atoms in total. The molecule has 1 aliphatic heterocycles. The molecule has 0 aromatic heterocycles. The van der Waals surface area contributed by atoms with E-state index >= 15 is 0 Å². The first kappa shape index (κ1) is 46.5. The number of hydrogen-bond donors (Lipinski definition) is 3. The van der Waals surface area contributed by atoms with E-state index in [9.17, 15) is 24.0 Å². The number of ether oxygens (including phenoxy) is 4. The van der Waals surface area contributed by atoms with Crippen molar-refractivity contribution in [1.29, 1.82) is 0 Å². The van der Waals surface area contributed by atoms with Crippen LogP contribution in [-0.2, 0) is 48.2 Å². The zero-order valence-electron chi connectivity index (χ0n) is 36.8. The van der Waals surface area contributed by atoms with Gasteiger partial charge in [-0.2, -0.15) is 0 Å². The Labute approximate surface area is 360 Å². The number of rotatable bonds is 16. The number of carbonyl (C=O) groups excluding carboxylic acids is 5. The van der Waals surface area contributed by atoms with Crippen molar-refractivity contribution in [2.75, 3.05) is 13.1 Å². The fourth-order valence-electron chi connectivity index (χ4n) is 7.75. The van der Waals surface area contributed by atoms with Crippen LogP contribution in [0.5, 0.6) is 5.75 Å². The first-order chi connectivity index (χ1) is 28.8. The maximum Gasteiger partial charge on any atom is 0.410 e. The van der Waals surface area contributed by atoms with Crippen LogP contribution in [0, 0.1) is 12.3 Å². The second-order valence-electron chi connectivity index (χ2n) is 18.4. The van der Waals surface area contributed by atoms with Gasteiger partial charge in [-0.25, -0.2) is 9.59 Å². The Bertz CT molecular complexity index is 1950. The van der Waals surface area contributed by atoms with Gasteiger partial charge in [-0.1, -0.05) is 66.7 Å².